The molecule has 1 N–H and O–H groups in total. The number of hydrogen-bond acceptors (Lipinski definition) is 3. The van der Waals surface area contributed by atoms with Gasteiger partial charge < -0.3 is 14.2 Å². The molecule has 0 spiro atoms. The first-order valence-corrected chi connectivity index (χ1v) is 5.75. The zero-order chi connectivity index (χ0) is 10.8. The van der Waals surface area contributed by atoms with Gasteiger partial charge in [0.25, 0.3) is 0 Å². The first-order valence-electron chi connectivity index (χ1n) is 5.75. The topological polar surface area (TPSA) is 38.3 Å². The summed E-state index contributed by atoms with van der Waals surface area (Å²) in [6, 6.07) is 6.40. The summed E-state index contributed by atoms with van der Waals surface area (Å²) in [6.07, 6.45) is 6.93. The van der Waals surface area contributed by atoms with E-state index in [1.54, 1.807) is 12.5 Å². The Morgan fingerprint density at radius 2 is 2.25 bits per heavy atom. The third-order valence-corrected chi connectivity index (χ3v) is 3.15. The third-order valence-electron chi connectivity index (χ3n) is 3.15. The minimum Gasteiger partial charge on any atom is -0.469 e. The standard InChI is InChI=1S/C13H15NO2/c1-4-12(11-6-8-16-13(11)5-1)14-9-10-3-2-7-15-10/h2-3,6-8,12,14H,1,4-5,9H2. The minimum absolute atomic E-state index is 0.410. The van der Waals surface area contributed by atoms with E-state index in [4.69, 9.17) is 8.83 Å². The Balaban J connectivity index is 1.69. The van der Waals surface area contributed by atoms with Crippen LogP contribution < -0.4 is 5.32 Å². The van der Waals surface area contributed by atoms with Crippen molar-refractivity contribution in [2.24, 2.45) is 0 Å². The fourth-order valence-corrected chi connectivity index (χ4v) is 2.34. The van der Waals surface area contributed by atoms with Crippen LogP contribution in [-0.2, 0) is 13.0 Å². The molecule has 0 fully saturated rings. The molecule has 3 rings (SSSR count). The molecule has 16 heavy (non-hydrogen) atoms. The van der Waals surface area contributed by atoms with Crippen LogP contribution in [0.5, 0.6) is 0 Å². The Hall–Kier alpha value is -1.48. The largest absolute Gasteiger partial charge is 0.469 e. The van der Waals surface area contributed by atoms with Crippen LogP contribution in [0.3, 0.4) is 0 Å². The van der Waals surface area contributed by atoms with Crippen LogP contribution in [0.25, 0.3) is 0 Å². The average molecular weight is 217 g/mol. The van der Waals surface area contributed by atoms with Crippen LogP contribution in [0, 0.1) is 0 Å². The van der Waals surface area contributed by atoms with Crippen molar-refractivity contribution in [1.29, 1.82) is 0 Å². The van der Waals surface area contributed by atoms with Gasteiger partial charge >= 0.3 is 0 Å². The first-order chi connectivity index (χ1) is 7.93. The SMILES string of the molecule is c1coc(CNC2CCCc3occc32)c1. The van der Waals surface area contributed by atoms with Crippen molar-refractivity contribution >= 4 is 0 Å². The Morgan fingerprint density at radius 3 is 3.12 bits per heavy atom. The van der Waals surface area contributed by atoms with Crippen molar-refractivity contribution in [2.45, 2.75) is 31.8 Å². The second kappa shape index (κ2) is 4.18. The van der Waals surface area contributed by atoms with E-state index < -0.39 is 0 Å². The molecule has 0 bridgehead atoms. The molecule has 0 saturated heterocycles. The third kappa shape index (κ3) is 1.78. The van der Waals surface area contributed by atoms with Crippen LogP contribution in [-0.4, -0.2) is 0 Å². The average Bonchev–Trinajstić information content (AvgIpc) is 2.97. The number of fused-ring (bicyclic) bond motifs is 1. The zero-order valence-corrected chi connectivity index (χ0v) is 9.11. The maximum absolute atomic E-state index is 5.46. The molecular formula is C13H15NO2. The van der Waals surface area contributed by atoms with Gasteiger partial charge in [0.15, 0.2) is 0 Å². The van der Waals surface area contributed by atoms with Crippen molar-refractivity contribution in [3.05, 3.63) is 47.8 Å². The highest BCUT2D eigenvalue weighted by Gasteiger charge is 2.21. The van der Waals surface area contributed by atoms with E-state index in [-0.39, 0.29) is 0 Å². The molecule has 1 aliphatic rings. The van der Waals surface area contributed by atoms with Crippen LogP contribution in [0.15, 0.2) is 39.6 Å². The normalized spacial score (nSPS) is 19.6. The maximum Gasteiger partial charge on any atom is 0.117 e. The molecule has 1 unspecified atom stereocenters. The van der Waals surface area contributed by atoms with Gasteiger partial charge in [0.05, 0.1) is 19.1 Å². The van der Waals surface area contributed by atoms with E-state index in [0.717, 1.165) is 24.5 Å². The summed E-state index contributed by atoms with van der Waals surface area (Å²) in [5.74, 6) is 2.12. The molecular weight excluding hydrogens is 202 g/mol. The lowest BCUT2D eigenvalue weighted by Crippen LogP contribution is -2.23. The molecule has 3 nitrogen and oxygen atoms in total. The van der Waals surface area contributed by atoms with Crippen LogP contribution in [0.4, 0.5) is 0 Å². The molecule has 1 atom stereocenters. The summed E-state index contributed by atoms with van der Waals surface area (Å²) < 4.78 is 10.8. The van der Waals surface area contributed by atoms with Crippen LogP contribution in [0.1, 0.15) is 36.0 Å². The lowest BCUT2D eigenvalue weighted by molar-refractivity contribution is 0.391. The lowest BCUT2D eigenvalue weighted by Gasteiger charge is -2.22. The van der Waals surface area contributed by atoms with Gasteiger partial charge in [0.2, 0.25) is 0 Å². The van der Waals surface area contributed by atoms with Crippen molar-refractivity contribution in [1.82, 2.24) is 5.32 Å². The minimum atomic E-state index is 0.410. The lowest BCUT2D eigenvalue weighted by atomic mass is 9.93. The summed E-state index contributed by atoms with van der Waals surface area (Å²) in [6.45, 7) is 0.780. The molecule has 0 aliphatic heterocycles. The van der Waals surface area contributed by atoms with Crippen molar-refractivity contribution in [2.75, 3.05) is 0 Å². The summed E-state index contributed by atoms with van der Waals surface area (Å²) in [7, 11) is 0. The van der Waals surface area contributed by atoms with Crippen molar-refractivity contribution in [3.8, 4) is 0 Å². The van der Waals surface area contributed by atoms with E-state index in [2.05, 4.69) is 11.4 Å². The highest BCUT2D eigenvalue weighted by molar-refractivity contribution is 5.24. The predicted molar refractivity (Wildman–Crippen MR) is 59.9 cm³/mol. The zero-order valence-electron chi connectivity index (χ0n) is 9.11. The molecule has 2 aromatic heterocycles. The molecule has 2 heterocycles. The van der Waals surface area contributed by atoms with Gasteiger partial charge in [0, 0.05) is 18.0 Å². The fourth-order valence-electron chi connectivity index (χ4n) is 2.34. The van der Waals surface area contributed by atoms with Crippen LogP contribution in [0.2, 0.25) is 0 Å². The van der Waals surface area contributed by atoms with Crippen molar-refractivity contribution < 1.29 is 8.83 Å². The van der Waals surface area contributed by atoms with Gasteiger partial charge in [-0.3, -0.25) is 0 Å². The molecule has 84 valence electrons. The van der Waals surface area contributed by atoms with Gasteiger partial charge in [-0.1, -0.05) is 0 Å². The molecule has 3 heteroatoms. The molecule has 2 aromatic rings. The monoisotopic (exact) mass is 217 g/mol. The Morgan fingerprint density at radius 1 is 1.25 bits per heavy atom. The smallest absolute Gasteiger partial charge is 0.117 e. The maximum atomic E-state index is 5.46. The van der Waals surface area contributed by atoms with Crippen LogP contribution >= 0.6 is 0 Å². The summed E-state index contributed by atoms with van der Waals surface area (Å²) in [5.41, 5.74) is 1.32. The quantitative estimate of drug-likeness (QED) is 0.858. The Labute approximate surface area is 94.4 Å². The highest BCUT2D eigenvalue weighted by Crippen LogP contribution is 2.30. The van der Waals surface area contributed by atoms with Gasteiger partial charge in [-0.05, 0) is 31.0 Å². The van der Waals surface area contributed by atoms with E-state index >= 15 is 0 Å². The number of rotatable bonds is 3. The van der Waals surface area contributed by atoms with Crippen molar-refractivity contribution in [3.63, 3.8) is 0 Å². The van der Waals surface area contributed by atoms with E-state index in [9.17, 15) is 0 Å². The summed E-state index contributed by atoms with van der Waals surface area (Å²) in [4.78, 5) is 0. The second-order valence-corrected chi connectivity index (χ2v) is 4.20. The van der Waals surface area contributed by atoms with Gasteiger partial charge in [-0.25, -0.2) is 0 Å². The highest BCUT2D eigenvalue weighted by atomic mass is 16.3. The Kier molecular flexibility index (Phi) is 2.54. The molecule has 1 aliphatic carbocycles. The molecule has 0 radical (unpaired) electrons. The number of aryl methyl sites for hydroxylation is 1. The summed E-state index contributed by atoms with van der Waals surface area (Å²) in [5, 5.41) is 3.51. The molecule has 0 amide bonds. The molecule has 0 aromatic carbocycles. The summed E-state index contributed by atoms with van der Waals surface area (Å²) >= 11 is 0. The van der Waals surface area contributed by atoms with E-state index in [1.165, 1.54) is 18.4 Å². The molecule has 0 saturated carbocycles. The number of furan rings is 2. The Bertz CT molecular complexity index is 444. The van der Waals surface area contributed by atoms with Gasteiger partial charge in [-0.15, -0.1) is 0 Å². The van der Waals surface area contributed by atoms with E-state index in [1.807, 2.05) is 12.1 Å². The first kappa shape index (κ1) is 9.73. The van der Waals surface area contributed by atoms with E-state index in [0.29, 0.717) is 6.04 Å². The van der Waals surface area contributed by atoms with Gasteiger partial charge in [0.1, 0.15) is 11.5 Å². The predicted octanol–water partition coefficient (Wildman–Crippen LogP) is 3.04. The van der Waals surface area contributed by atoms with Gasteiger partial charge in [-0.2, -0.15) is 0 Å². The number of hydrogen-bond donors (Lipinski definition) is 1. The fraction of sp³-hybridized carbons (Fsp3) is 0.385. The second-order valence-electron chi connectivity index (χ2n) is 4.20. The number of nitrogens with one attached hydrogen (secondary N) is 1.